The van der Waals surface area contributed by atoms with E-state index in [1.165, 1.54) is 11.2 Å². The lowest BCUT2D eigenvalue weighted by Crippen LogP contribution is -2.33. The summed E-state index contributed by atoms with van der Waals surface area (Å²) in [7, 11) is 0. The van der Waals surface area contributed by atoms with Gasteiger partial charge in [0.15, 0.2) is 5.76 Å². The quantitative estimate of drug-likeness (QED) is 0.850. The number of anilines is 1. The lowest BCUT2D eigenvalue weighted by molar-refractivity contribution is -0.136. The van der Waals surface area contributed by atoms with Gasteiger partial charge in [-0.05, 0) is 31.2 Å². The van der Waals surface area contributed by atoms with Crippen LogP contribution in [-0.4, -0.2) is 30.1 Å². The summed E-state index contributed by atoms with van der Waals surface area (Å²) in [6.45, 7) is 2.31. The first kappa shape index (κ1) is 15.6. The highest BCUT2D eigenvalue weighted by molar-refractivity contribution is 6.05. The third kappa shape index (κ3) is 3.66. The summed E-state index contributed by atoms with van der Waals surface area (Å²) in [6, 6.07) is 10.2. The molecule has 0 radical (unpaired) electrons. The minimum absolute atomic E-state index is 0.0267. The second kappa shape index (κ2) is 7.31. The number of aliphatic carboxylic acids is 1. The average Bonchev–Trinajstić information content (AvgIpc) is 3.03. The number of para-hydroxylation sites is 2. The molecule has 6 nitrogen and oxygen atoms in total. The molecule has 0 aliphatic heterocycles. The van der Waals surface area contributed by atoms with Gasteiger partial charge in [-0.2, -0.15) is 0 Å². The monoisotopic (exact) mass is 303 g/mol. The Balaban J connectivity index is 2.35. The van der Waals surface area contributed by atoms with Gasteiger partial charge in [0.1, 0.15) is 5.75 Å². The highest BCUT2D eigenvalue weighted by Gasteiger charge is 2.23. The van der Waals surface area contributed by atoms with Gasteiger partial charge in [-0.1, -0.05) is 12.1 Å². The van der Waals surface area contributed by atoms with Crippen LogP contribution in [0.4, 0.5) is 5.69 Å². The predicted octanol–water partition coefficient (Wildman–Crippen LogP) is 2.80. The number of carboxylic acids is 1. The van der Waals surface area contributed by atoms with Crippen molar-refractivity contribution < 1.29 is 23.8 Å². The Morgan fingerprint density at radius 2 is 2.00 bits per heavy atom. The molecule has 0 atom stereocenters. The van der Waals surface area contributed by atoms with E-state index in [4.69, 9.17) is 14.3 Å². The average molecular weight is 303 g/mol. The first-order chi connectivity index (χ1) is 10.6. The van der Waals surface area contributed by atoms with Gasteiger partial charge in [-0.3, -0.25) is 9.59 Å². The van der Waals surface area contributed by atoms with Crippen LogP contribution >= 0.6 is 0 Å². The summed E-state index contributed by atoms with van der Waals surface area (Å²) in [6.07, 6.45) is 1.23. The minimum atomic E-state index is -0.980. The molecule has 2 aromatic rings. The number of nitrogens with zero attached hydrogens (tertiary/aromatic N) is 1. The van der Waals surface area contributed by atoms with Gasteiger partial charge in [0.05, 0.1) is 25.0 Å². The number of hydrogen-bond acceptors (Lipinski definition) is 4. The smallest absolute Gasteiger partial charge is 0.305 e. The van der Waals surface area contributed by atoms with Gasteiger partial charge in [0, 0.05) is 6.54 Å². The molecule has 0 spiro atoms. The minimum Gasteiger partial charge on any atom is -0.492 e. The van der Waals surface area contributed by atoms with Gasteiger partial charge < -0.3 is 19.2 Å². The van der Waals surface area contributed by atoms with E-state index in [2.05, 4.69) is 0 Å². The van der Waals surface area contributed by atoms with E-state index >= 15 is 0 Å². The van der Waals surface area contributed by atoms with Gasteiger partial charge in [-0.15, -0.1) is 0 Å². The first-order valence-corrected chi connectivity index (χ1v) is 6.92. The number of rotatable bonds is 7. The van der Waals surface area contributed by atoms with Crippen LogP contribution in [0.1, 0.15) is 23.9 Å². The number of amides is 1. The number of benzene rings is 1. The number of furan rings is 1. The van der Waals surface area contributed by atoms with Gasteiger partial charge in [-0.25, -0.2) is 0 Å². The number of ether oxygens (including phenoxy) is 1. The number of carboxylic acid groups (broad SMARTS) is 1. The zero-order valence-corrected chi connectivity index (χ0v) is 12.2. The molecule has 0 aliphatic rings. The predicted molar refractivity (Wildman–Crippen MR) is 80.2 cm³/mol. The summed E-state index contributed by atoms with van der Waals surface area (Å²) >= 11 is 0. The van der Waals surface area contributed by atoms with Crippen molar-refractivity contribution >= 4 is 17.6 Å². The summed E-state index contributed by atoms with van der Waals surface area (Å²) in [5.74, 6) is -0.712. The Bertz CT molecular complexity index is 636. The van der Waals surface area contributed by atoms with E-state index in [0.29, 0.717) is 18.0 Å². The zero-order valence-electron chi connectivity index (χ0n) is 12.2. The van der Waals surface area contributed by atoms with E-state index in [1.54, 1.807) is 36.4 Å². The molecule has 1 amide bonds. The molecule has 6 heteroatoms. The van der Waals surface area contributed by atoms with E-state index < -0.39 is 11.9 Å². The third-order valence-electron chi connectivity index (χ3n) is 2.98. The fourth-order valence-electron chi connectivity index (χ4n) is 2.03. The maximum atomic E-state index is 12.6. The van der Waals surface area contributed by atoms with Crippen molar-refractivity contribution in [1.82, 2.24) is 0 Å². The van der Waals surface area contributed by atoms with E-state index in [0.717, 1.165) is 0 Å². The van der Waals surface area contributed by atoms with Crippen molar-refractivity contribution in [2.75, 3.05) is 18.1 Å². The van der Waals surface area contributed by atoms with Crippen molar-refractivity contribution in [1.29, 1.82) is 0 Å². The Morgan fingerprint density at radius 1 is 1.23 bits per heavy atom. The molecule has 0 saturated carbocycles. The molecule has 2 rings (SSSR count). The van der Waals surface area contributed by atoms with Crippen LogP contribution in [0, 0.1) is 0 Å². The molecule has 1 aromatic carbocycles. The van der Waals surface area contributed by atoms with Gasteiger partial charge in [0.25, 0.3) is 5.91 Å². The van der Waals surface area contributed by atoms with Crippen molar-refractivity contribution in [3.8, 4) is 5.75 Å². The molecular formula is C16H17NO5. The molecule has 1 aromatic heterocycles. The van der Waals surface area contributed by atoms with E-state index in [1.807, 2.05) is 6.92 Å². The molecular weight excluding hydrogens is 286 g/mol. The van der Waals surface area contributed by atoms with E-state index in [-0.39, 0.29) is 18.7 Å². The van der Waals surface area contributed by atoms with Crippen molar-refractivity contribution in [2.45, 2.75) is 13.3 Å². The standard InChI is InChI=1S/C16H17NO5/c1-2-21-13-7-4-3-6-12(13)17(10-9-15(18)19)16(20)14-8-5-11-22-14/h3-8,11H,2,9-10H2,1H3,(H,18,19). The summed E-state index contributed by atoms with van der Waals surface area (Å²) < 4.78 is 10.6. The van der Waals surface area contributed by atoms with Crippen molar-refractivity contribution in [3.63, 3.8) is 0 Å². The lowest BCUT2D eigenvalue weighted by Gasteiger charge is -2.23. The van der Waals surface area contributed by atoms with Crippen molar-refractivity contribution in [2.24, 2.45) is 0 Å². The van der Waals surface area contributed by atoms with Crippen LogP contribution in [0.2, 0.25) is 0 Å². The van der Waals surface area contributed by atoms with Crippen LogP contribution < -0.4 is 9.64 Å². The second-order valence-electron chi connectivity index (χ2n) is 4.48. The molecule has 22 heavy (non-hydrogen) atoms. The number of hydrogen-bond donors (Lipinski definition) is 1. The summed E-state index contributed by atoms with van der Waals surface area (Å²) in [5, 5.41) is 8.90. The zero-order chi connectivity index (χ0) is 15.9. The normalized spacial score (nSPS) is 10.2. The van der Waals surface area contributed by atoms with Crippen LogP contribution in [0.15, 0.2) is 47.1 Å². The highest BCUT2D eigenvalue weighted by atomic mass is 16.5. The Labute approximate surface area is 127 Å². The third-order valence-corrected chi connectivity index (χ3v) is 2.98. The van der Waals surface area contributed by atoms with Crippen LogP contribution in [-0.2, 0) is 4.79 Å². The maximum Gasteiger partial charge on any atom is 0.305 e. The molecule has 0 bridgehead atoms. The Kier molecular flexibility index (Phi) is 5.19. The fourth-order valence-corrected chi connectivity index (χ4v) is 2.03. The lowest BCUT2D eigenvalue weighted by atomic mass is 10.2. The largest absolute Gasteiger partial charge is 0.492 e. The molecule has 0 unspecified atom stereocenters. The highest BCUT2D eigenvalue weighted by Crippen LogP contribution is 2.29. The Hall–Kier alpha value is -2.76. The SMILES string of the molecule is CCOc1ccccc1N(CCC(=O)O)C(=O)c1ccco1. The maximum absolute atomic E-state index is 12.6. The fraction of sp³-hybridized carbons (Fsp3) is 0.250. The second-order valence-corrected chi connectivity index (χ2v) is 4.48. The molecule has 116 valence electrons. The molecule has 0 aliphatic carbocycles. The number of carbonyl (C=O) groups is 2. The first-order valence-electron chi connectivity index (χ1n) is 6.92. The Morgan fingerprint density at radius 3 is 2.64 bits per heavy atom. The molecule has 1 heterocycles. The van der Waals surface area contributed by atoms with Gasteiger partial charge in [0.2, 0.25) is 0 Å². The van der Waals surface area contributed by atoms with Crippen molar-refractivity contribution in [3.05, 3.63) is 48.4 Å². The van der Waals surface area contributed by atoms with Gasteiger partial charge >= 0.3 is 5.97 Å². The van der Waals surface area contributed by atoms with Crippen LogP contribution in [0.25, 0.3) is 0 Å². The summed E-state index contributed by atoms with van der Waals surface area (Å²) in [4.78, 5) is 24.8. The molecule has 1 N–H and O–H groups in total. The van der Waals surface area contributed by atoms with E-state index in [9.17, 15) is 9.59 Å². The number of carbonyl (C=O) groups excluding carboxylic acids is 1. The van der Waals surface area contributed by atoms with Crippen LogP contribution in [0.3, 0.4) is 0 Å². The topological polar surface area (TPSA) is 80.0 Å². The summed E-state index contributed by atoms with van der Waals surface area (Å²) in [5.41, 5.74) is 0.520. The van der Waals surface area contributed by atoms with Crippen LogP contribution in [0.5, 0.6) is 5.75 Å². The molecule has 0 saturated heterocycles. The molecule has 0 fully saturated rings.